The minimum atomic E-state index is -3.27. The maximum absolute atomic E-state index is 11.6. The van der Waals surface area contributed by atoms with Gasteiger partial charge in [-0.15, -0.1) is 0 Å². The normalized spacial score (nSPS) is 10.7. The minimum Gasteiger partial charge on any atom is -0.465 e. The lowest BCUT2D eigenvalue weighted by molar-refractivity contribution is 0.0600. The molecular formula is C12H13NO4S. The molecule has 0 aliphatic rings. The summed E-state index contributed by atoms with van der Waals surface area (Å²) in [6, 6.07) is 7.96. The molecule has 96 valence electrons. The Balaban J connectivity index is 2.76. The number of esters is 1. The van der Waals surface area contributed by atoms with E-state index >= 15 is 0 Å². The van der Waals surface area contributed by atoms with Crippen LogP contribution in [-0.4, -0.2) is 27.2 Å². The molecule has 0 aliphatic heterocycles. The van der Waals surface area contributed by atoms with Crippen molar-refractivity contribution in [2.45, 2.75) is 12.2 Å². The standard InChI is InChI=1S/C12H13NO4S/c1-17-12(14)11-5-3-10(4-6-11)9-18(15,16)8-2-7-13/h3-6H,2,8-9H2,1H3. The van der Waals surface area contributed by atoms with Gasteiger partial charge in [0.25, 0.3) is 0 Å². The number of rotatable bonds is 5. The van der Waals surface area contributed by atoms with Gasteiger partial charge in [-0.1, -0.05) is 12.1 Å². The van der Waals surface area contributed by atoms with Gasteiger partial charge >= 0.3 is 5.97 Å². The van der Waals surface area contributed by atoms with Crippen LogP contribution in [0.5, 0.6) is 0 Å². The van der Waals surface area contributed by atoms with Crippen LogP contribution in [0.15, 0.2) is 24.3 Å². The number of sulfone groups is 1. The predicted molar refractivity (Wildman–Crippen MR) is 65.5 cm³/mol. The Morgan fingerprint density at radius 2 is 1.94 bits per heavy atom. The Morgan fingerprint density at radius 1 is 1.33 bits per heavy atom. The van der Waals surface area contributed by atoms with Crippen molar-refractivity contribution >= 4 is 15.8 Å². The van der Waals surface area contributed by atoms with E-state index in [1.807, 2.05) is 0 Å². The summed E-state index contributed by atoms with van der Waals surface area (Å²) in [7, 11) is -1.99. The second-order valence-corrected chi connectivity index (χ2v) is 5.87. The van der Waals surface area contributed by atoms with Gasteiger partial charge in [-0.25, -0.2) is 13.2 Å². The molecule has 0 saturated heterocycles. The predicted octanol–water partition coefficient (Wildman–Crippen LogP) is 1.30. The summed E-state index contributed by atoms with van der Waals surface area (Å²) in [4.78, 5) is 11.2. The average Bonchev–Trinajstić information content (AvgIpc) is 2.36. The second kappa shape index (κ2) is 6.17. The first-order valence-corrected chi connectivity index (χ1v) is 7.05. The van der Waals surface area contributed by atoms with E-state index in [9.17, 15) is 13.2 Å². The summed E-state index contributed by atoms with van der Waals surface area (Å²) in [5.41, 5.74) is 0.955. The summed E-state index contributed by atoms with van der Waals surface area (Å²) in [6.45, 7) is 0. The highest BCUT2D eigenvalue weighted by atomic mass is 32.2. The van der Waals surface area contributed by atoms with E-state index in [0.29, 0.717) is 11.1 Å². The zero-order chi connectivity index (χ0) is 13.6. The van der Waals surface area contributed by atoms with E-state index in [0.717, 1.165) is 0 Å². The lowest BCUT2D eigenvalue weighted by Gasteiger charge is -2.03. The first-order valence-electron chi connectivity index (χ1n) is 5.23. The summed E-state index contributed by atoms with van der Waals surface area (Å²) in [5.74, 6) is -0.743. The molecule has 0 fully saturated rings. The van der Waals surface area contributed by atoms with Gasteiger partial charge in [-0.05, 0) is 17.7 Å². The highest BCUT2D eigenvalue weighted by Crippen LogP contribution is 2.10. The maximum atomic E-state index is 11.6. The zero-order valence-corrected chi connectivity index (χ0v) is 10.7. The molecule has 0 N–H and O–H groups in total. The SMILES string of the molecule is COC(=O)c1ccc(CS(=O)(=O)CCC#N)cc1. The minimum absolute atomic E-state index is 0.0113. The van der Waals surface area contributed by atoms with Gasteiger partial charge in [0.2, 0.25) is 0 Å². The van der Waals surface area contributed by atoms with Gasteiger partial charge in [0.1, 0.15) is 0 Å². The Morgan fingerprint density at radius 3 is 2.44 bits per heavy atom. The van der Waals surface area contributed by atoms with Crippen LogP contribution in [0.1, 0.15) is 22.3 Å². The average molecular weight is 267 g/mol. The number of carbonyl (C=O) groups is 1. The molecule has 0 aromatic heterocycles. The smallest absolute Gasteiger partial charge is 0.337 e. The highest BCUT2D eigenvalue weighted by Gasteiger charge is 2.12. The van der Waals surface area contributed by atoms with Crippen molar-refractivity contribution in [1.82, 2.24) is 0 Å². The van der Waals surface area contributed by atoms with Crippen LogP contribution in [0.25, 0.3) is 0 Å². The summed E-state index contributed by atoms with van der Waals surface area (Å²) in [5, 5.41) is 8.35. The molecule has 1 aromatic carbocycles. The fourth-order valence-corrected chi connectivity index (χ4v) is 2.63. The van der Waals surface area contributed by atoms with Crippen LogP contribution < -0.4 is 0 Å². The van der Waals surface area contributed by atoms with E-state index in [-0.39, 0.29) is 17.9 Å². The molecule has 6 heteroatoms. The molecule has 0 heterocycles. The molecule has 0 atom stereocenters. The van der Waals surface area contributed by atoms with Crippen molar-refractivity contribution in [3.63, 3.8) is 0 Å². The summed E-state index contributed by atoms with van der Waals surface area (Å²) >= 11 is 0. The second-order valence-electron chi connectivity index (χ2n) is 3.69. The zero-order valence-electron chi connectivity index (χ0n) is 9.92. The van der Waals surface area contributed by atoms with E-state index in [1.54, 1.807) is 18.2 Å². The third-order valence-corrected chi connectivity index (χ3v) is 3.89. The Labute approximate surface area is 106 Å². The Kier molecular flexibility index (Phi) is 4.86. The van der Waals surface area contributed by atoms with E-state index in [1.165, 1.54) is 19.2 Å². The molecule has 0 amide bonds. The lowest BCUT2D eigenvalue weighted by atomic mass is 10.1. The molecule has 0 unspecified atom stereocenters. The molecule has 18 heavy (non-hydrogen) atoms. The number of ether oxygens (including phenoxy) is 1. The first kappa shape index (κ1) is 14.2. The molecule has 5 nitrogen and oxygen atoms in total. The largest absolute Gasteiger partial charge is 0.465 e. The van der Waals surface area contributed by atoms with Crippen LogP contribution in [-0.2, 0) is 20.3 Å². The monoisotopic (exact) mass is 267 g/mol. The van der Waals surface area contributed by atoms with Crippen molar-refractivity contribution < 1.29 is 17.9 Å². The van der Waals surface area contributed by atoms with Crippen molar-refractivity contribution in [2.75, 3.05) is 12.9 Å². The van der Waals surface area contributed by atoms with E-state index in [2.05, 4.69) is 4.74 Å². The lowest BCUT2D eigenvalue weighted by Crippen LogP contribution is -2.09. The van der Waals surface area contributed by atoms with Gasteiger partial charge in [0.15, 0.2) is 9.84 Å². The van der Waals surface area contributed by atoms with Crippen molar-refractivity contribution in [1.29, 1.82) is 5.26 Å². The van der Waals surface area contributed by atoms with Crippen molar-refractivity contribution in [3.05, 3.63) is 35.4 Å². The van der Waals surface area contributed by atoms with Crippen LogP contribution in [0, 0.1) is 11.3 Å². The van der Waals surface area contributed by atoms with E-state index in [4.69, 9.17) is 5.26 Å². The van der Waals surface area contributed by atoms with Gasteiger partial charge in [0, 0.05) is 6.42 Å². The number of hydrogen-bond donors (Lipinski definition) is 0. The van der Waals surface area contributed by atoms with Gasteiger partial charge in [-0.2, -0.15) is 5.26 Å². The number of hydrogen-bond acceptors (Lipinski definition) is 5. The highest BCUT2D eigenvalue weighted by molar-refractivity contribution is 7.90. The summed E-state index contributed by atoms with van der Waals surface area (Å²) < 4.78 is 27.7. The van der Waals surface area contributed by atoms with Crippen LogP contribution >= 0.6 is 0 Å². The third-order valence-electron chi connectivity index (χ3n) is 2.29. The van der Waals surface area contributed by atoms with Gasteiger partial charge in [0.05, 0.1) is 30.2 Å². The molecule has 0 radical (unpaired) electrons. The fraction of sp³-hybridized carbons (Fsp3) is 0.333. The van der Waals surface area contributed by atoms with Gasteiger partial charge < -0.3 is 4.74 Å². The number of nitriles is 1. The molecule has 0 bridgehead atoms. The number of carbonyl (C=O) groups excluding carboxylic acids is 1. The molecule has 1 aromatic rings. The topological polar surface area (TPSA) is 84.2 Å². The molecule has 1 rings (SSSR count). The fourth-order valence-electron chi connectivity index (χ4n) is 1.38. The Bertz CT molecular complexity index is 555. The van der Waals surface area contributed by atoms with Crippen LogP contribution in [0.3, 0.4) is 0 Å². The maximum Gasteiger partial charge on any atom is 0.337 e. The number of methoxy groups -OCH3 is 1. The van der Waals surface area contributed by atoms with E-state index < -0.39 is 15.8 Å². The molecule has 0 spiro atoms. The molecule has 0 aliphatic carbocycles. The molecule has 0 saturated carbocycles. The van der Waals surface area contributed by atoms with Crippen LogP contribution in [0.2, 0.25) is 0 Å². The van der Waals surface area contributed by atoms with Crippen molar-refractivity contribution in [2.24, 2.45) is 0 Å². The summed E-state index contributed by atoms with van der Waals surface area (Å²) in [6.07, 6.45) is -0.0113. The number of benzene rings is 1. The first-order chi connectivity index (χ1) is 8.48. The van der Waals surface area contributed by atoms with Crippen LogP contribution in [0.4, 0.5) is 0 Å². The third kappa shape index (κ3) is 4.18. The molecular weight excluding hydrogens is 254 g/mol. The van der Waals surface area contributed by atoms with Crippen molar-refractivity contribution in [3.8, 4) is 6.07 Å². The van der Waals surface area contributed by atoms with Gasteiger partial charge in [-0.3, -0.25) is 0 Å². The number of nitrogens with zero attached hydrogens (tertiary/aromatic N) is 1. The Hall–Kier alpha value is -1.87. The quantitative estimate of drug-likeness (QED) is 0.751.